The maximum atomic E-state index is 11.8. The summed E-state index contributed by atoms with van der Waals surface area (Å²) in [6.45, 7) is 3.07. The zero-order valence-electron chi connectivity index (χ0n) is 10.7. The molecule has 1 rings (SSSR count). The molecule has 0 heterocycles. The molecular formula is C12H25ClN2O. The maximum Gasteiger partial charge on any atom is 0.223 e. The monoisotopic (exact) mass is 248 g/mol. The normalized spacial score (nSPS) is 24.7. The van der Waals surface area contributed by atoms with Crippen LogP contribution in [0.1, 0.15) is 39.0 Å². The lowest BCUT2D eigenvalue weighted by Crippen LogP contribution is -2.40. The van der Waals surface area contributed by atoms with Gasteiger partial charge in [-0.25, -0.2) is 0 Å². The topological polar surface area (TPSA) is 32.3 Å². The van der Waals surface area contributed by atoms with Crippen molar-refractivity contribution in [1.29, 1.82) is 0 Å². The first kappa shape index (κ1) is 15.7. The molecule has 1 amide bonds. The minimum absolute atomic E-state index is 0. The summed E-state index contributed by atoms with van der Waals surface area (Å²) < 4.78 is 0. The molecule has 2 atom stereocenters. The Hall–Kier alpha value is -0.280. The lowest BCUT2D eigenvalue weighted by molar-refractivity contribution is -0.132. The molecule has 0 saturated heterocycles. The summed E-state index contributed by atoms with van der Waals surface area (Å²) in [5, 5.41) is 3.02. The molecule has 0 bridgehead atoms. The van der Waals surface area contributed by atoms with Gasteiger partial charge in [0.1, 0.15) is 0 Å². The first-order chi connectivity index (χ1) is 7.15. The molecule has 2 unspecified atom stereocenters. The van der Waals surface area contributed by atoms with Crippen molar-refractivity contribution in [2.24, 2.45) is 5.92 Å². The lowest BCUT2D eigenvalue weighted by Gasteiger charge is -2.34. The van der Waals surface area contributed by atoms with E-state index in [1.165, 1.54) is 25.7 Å². The molecule has 16 heavy (non-hydrogen) atoms. The predicted molar refractivity (Wildman–Crippen MR) is 70.0 cm³/mol. The maximum absolute atomic E-state index is 11.8. The molecule has 0 aromatic rings. The number of amides is 1. The molecule has 1 fully saturated rings. The molecule has 0 aromatic heterocycles. The van der Waals surface area contributed by atoms with Crippen LogP contribution in [0.4, 0.5) is 0 Å². The second-order valence-corrected chi connectivity index (χ2v) is 4.78. The van der Waals surface area contributed by atoms with E-state index in [2.05, 4.69) is 12.2 Å². The van der Waals surface area contributed by atoms with Crippen molar-refractivity contribution in [2.75, 3.05) is 20.6 Å². The third kappa shape index (κ3) is 4.71. The highest BCUT2D eigenvalue weighted by Gasteiger charge is 2.24. The van der Waals surface area contributed by atoms with Gasteiger partial charge in [-0.2, -0.15) is 0 Å². The van der Waals surface area contributed by atoms with Gasteiger partial charge in [-0.3, -0.25) is 4.79 Å². The van der Waals surface area contributed by atoms with Crippen LogP contribution in [-0.4, -0.2) is 37.5 Å². The predicted octanol–water partition coefficient (Wildman–Crippen LogP) is 2.05. The highest BCUT2D eigenvalue weighted by atomic mass is 35.5. The Morgan fingerprint density at radius 3 is 2.69 bits per heavy atom. The van der Waals surface area contributed by atoms with Gasteiger partial charge in [0.15, 0.2) is 0 Å². The van der Waals surface area contributed by atoms with E-state index >= 15 is 0 Å². The van der Waals surface area contributed by atoms with E-state index < -0.39 is 0 Å². The van der Waals surface area contributed by atoms with Crippen molar-refractivity contribution in [3.63, 3.8) is 0 Å². The molecule has 0 spiro atoms. The van der Waals surface area contributed by atoms with Crippen LogP contribution in [0.2, 0.25) is 0 Å². The van der Waals surface area contributed by atoms with Gasteiger partial charge in [0.2, 0.25) is 5.91 Å². The minimum atomic E-state index is 0. The smallest absolute Gasteiger partial charge is 0.223 e. The van der Waals surface area contributed by atoms with Crippen LogP contribution in [0.15, 0.2) is 0 Å². The highest BCUT2D eigenvalue weighted by Crippen LogP contribution is 2.26. The van der Waals surface area contributed by atoms with Crippen LogP contribution < -0.4 is 5.32 Å². The Morgan fingerprint density at radius 1 is 1.44 bits per heavy atom. The lowest BCUT2D eigenvalue weighted by atomic mass is 9.86. The van der Waals surface area contributed by atoms with Crippen molar-refractivity contribution < 1.29 is 4.79 Å². The van der Waals surface area contributed by atoms with Gasteiger partial charge >= 0.3 is 0 Å². The first-order valence-electron chi connectivity index (χ1n) is 6.05. The molecule has 1 N–H and O–H groups in total. The molecule has 3 nitrogen and oxygen atoms in total. The first-order valence-corrected chi connectivity index (χ1v) is 6.05. The Balaban J connectivity index is 0.00000225. The number of carbonyl (C=O) groups is 1. The van der Waals surface area contributed by atoms with Gasteiger partial charge in [0, 0.05) is 26.1 Å². The fraction of sp³-hybridized carbons (Fsp3) is 0.917. The number of halogens is 1. The van der Waals surface area contributed by atoms with Crippen molar-refractivity contribution in [3.05, 3.63) is 0 Å². The summed E-state index contributed by atoms with van der Waals surface area (Å²) in [5.74, 6) is 1.06. The molecule has 1 saturated carbocycles. The summed E-state index contributed by atoms with van der Waals surface area (Å²) in [4.78, 5) is 13.8. The molecule has 0 radical (unpaired) electrons. The van der Waals surface area contributed by atoms with E-state index in [1.807, 2.05) is 19.0 Å². The van der Waals surface area contributed by atoms with E-state index in [1.54, 1.807) is 0 Å². The SMILES string of the molecule is CNCCC(=O)N(C)C1CCCC(C)C1.Cl. The summed E-state index contributed by atoms with van der Waals surface area (Å²) in [6.07, 6.45) is 5.59. The van der Waals surface area contributed by atoms with Crippen molar-refractivity contribution in [1.82, 2.24) is 10.2 Å². The average molecular weight is 249 g/mol. The molecule has 1 aliphatic rings. The second kappa shape index (κ2) is 7.91. The summed E-state index contributed by atoms with van der Waals surface area (Å²) in [7, 11) is 3.84. The second-order valence-electron chi connectivity index (χ2n) is 4.78. The van der Waals surface area contributed by atoms with Crippen LogP contribution >= 0.6 is 12.4 Å². The van der Waals surface area contributed by atoms with E-state index in [0.29, 0.717) is 12.5 Å². The van der Waals surface area contributed by atoms with Crippen LogP contribution in [0.5, 0.6) is 0 Å². The number of hydrogen-bond acceptors (Lipinski definition) is 2. The Kier molecular flexibility index (Phi) is 7.77. The Morgan fingerprint density at radius 2 is 2.12 bits per heavy atom. The van der Waals surface area contributed by atoms with E-state index in [0.717, 1.165) is 12.5 Å². The largest absolute Gasteiger partial charge is 0.343 e. The molecule has 96 valence electrons. The molecular weight excluding hydrogens is 224 g/mol. The standard InChI is InChI=1S/C12H24N2O.ClH/c1-10-5-4-6-11(9-10)14(3)12(15)7-8-13-2;/h10-11,13H,4-9H2,1-3H3;1H. The zero-order chi connectivity index (χ0) is 11.3. The third-order valence-electron chi connectivity index (χ3n) is 3.44. The van der Waals surface area contributed by atoms with Crippen LogP contribution in [0.25, 0.3) is 0 Å². The summed E-state index contributed by atoms with van der Waals surface area (Å²) in [5.41, 5.74) is 0. The molecule has 4 heteroatoms. The highest BCUT2D eigenvalue weighted by molar-refractivity contribution is 5.85. The van der Waals surface area contributed by atoms with Gasteiger partial charge < -0.3 is 10.2 Å². The molecule has 1 aliphatic carbocycles. The van der Waals surface area contributed by atoms with Gasteiger partial charge in [-0.05, 0) is 25.8 Å². The Bertz CT molecular complexity index is 211. The fourth-order valence-electron chi connectivity index (χ4n) is 2.37. The van der Waals surface area contributed by atoms with Crippen molar-refractivity contribution >= 4 is 18.3 Å². The average Bonchev–Trinajstić information content (AvgIpc) is 2.24. The number of carbonyl (C=O) groups excluding carboxylic acids is 1. The van der Waals surface area contributed by atoms with Gasteiger partial charge in [0.25, 0.3) is 0 Å². The molecule has 0 aromatic carbocycles. The van der Waals surface area contributed by atoms with Crippen LogP contribution in [0.3, 0.4) is 0 Å². The third-order valence-corrected chi connectivity index (χ3v) is 3.44. The van der Waals surface area contributed by atoms with Crippen LogP contribution in [-0.2, 0) is 4.79 Å². The number of nitrogens with zero attached hydrogens (tertiary/aromatic N) is 1. The summed E-state index contributed by atoms with van der Waals surface area (Å²) >= 11 is 0. The zero-order valence-corrected chi connectivity index (χ0v) is 11.5. The molecule has 0 aliphatic heterocycles. The van der Waals surface area contributed by atoms with Crippen molar-refractivity contribution in [2.45, 2.75) is 45.1 Å². The minimum Gasteiger partial charge on any atom is -0.343 e. The van der Waals surface area contributed by atoms with Gasteiger partial charge in [0.05, 0.1) is 0 Å². The van der Waals surface area contributed by atoms with Crippen LogP contribution in [0, 0.1) is 5.92 Å². The summed E-state index contributed by atoms with van der Waals surface area (Å²) in [6, 6.07) is 0.484. The van der Waals surface area contributed by atoms with E-state index in [-0.39, 0.29) is 18.3 Å². The van der Waals surface area contributed by atoms with Crippen molar-refractivity contribution in [3.8, 4) is 0 Å². The van der Waals surface area contributed by atoms with E-state index in [9.17, 15) is 4.79 Å². The number of nitrogens with one attached hydrogen (secondary N) is 1. The quantitative estimate of drug-likeness (QED) is 0.826. The van der Waals surface area contributed by atoms with Gasteiger partial charge in [-0.15, -0.1) is 12.4 Å². The van der Waals surface area contributed by atoms with Gasteiger partial charge in [-0.1, -0.05) is 19.8 Å². The Labute approximate surface area is 105 Å². The fourth-order valence-corrected chi connectivity index (χ4v) is 2.37. The number of hydrogen-bond donors (Lipinski definition) is 1. The van der Waals surface area contributed by atoms with E-state index in [4.69, 9.17) is 0 Å². The number of rotatable bonds is 4.